The fourth-order valence-electron chi connectivity index (χ4n) is 8.40. The molecule has 0 atom stereocenters. The van der Waals surface area contributed by atoms with Crippen LogP contribution in [0.2, 0.25) is 15.1 Å². The van der Waals surface area contributed by atoms with Crippen LogP contribution in [-0.2, 0) is 17.8 Å². The van der Waals surface area contributed by atoms with Crippen molar-refractivity contribution >= 4 is 122 Å². The number of pyridine rings is 2. The first kappa shape index (κ1) is 36.0. The minimum Gasteiger partial charge on any atom is -0.379 e. The molecule has 4 aromatic heterocycles. The van der Waals surface area contributed by atoms with Gasteiger partial charge in [-0.1, -0.05) is 87.1 Å². The molecular formula is C43H40BrCl3N6O. The summed E-state index contributed by atoms with van der Waals surface area (Å²) in [6.45, 7) is 8.94. The zero-order valence-corrected chi connectivity index (χ0v) is 33.7. The van der Waals surface area contributed by atoms with Crippen LogP contribution in [-0.4, -0.2) is 75.3 Å². The molecule has 1 fully saturated rings. The van der Waals surface area contributed by atoms with E-state index in [1.807, 2.05) is 30.3 Å². The number of alkyl halides is 1. The average molecular weight is 843 g/mol. The molecule has 0 amide bonds. The van der Waals surface area contributed by atoms with Crippen molar-refractivity contribution in [2.45, 2.75) is 32.4 Å². The number of benzene rings is 4. The second-order valence-electron chi connectivity index (χ2n) is 14.1. The molecule has 6 heterocycles. The van der Waals surface area contributed by atoms with Gasteiger partial charge in [0, 0.05) is 82.7 Å². The first-order chi connectivity index (χ1) is 26.5. The number of hydrogen-bond acceptors (Lipinski definition) is 5. The highest BCUT2D eigenvalue weighted by molar-refractivity contribution is 9.09. The predicted molar refractivity (Wildman–Crippen MR) is 232 cm³/mol. The van der Waals surface area contributed by atoms with Crippen molar-refractivity contribution in [2.75, 3.05) is 56.2 Å². The molecule has 0 aliphatic carbocycles. The van der Waals surface area contributed by atoms with Crippen molar-refractivity contribution in [3.63, 3.8) is 0 Å². The molecule has 2 aliphatic rings. The van der Waals surface area contributed by atoms with E-state index in [1.54, 1.807) is 0 Å². The van der Waals surface area contributed by atoms with Gasteiger partial charge < -0.3 is 18.8 Å². The molecule has 0 saturated carbocycles. The minimum absolute atomic E-state index is 0.670. The summed E-state index contributed by atoms with van der Waals surface area (Å²) in [5.41, 5.74) is 9.96. The van der Waals surface area contributed by atoms with E-state index in [4.69, 9.17) is 49.5 Å². The van der Waals surface area contributed by atoms with Crippen molar-refractivity contribution in [3.05, 3.63) is 100.0 Å². The number of morpholine rings is 1. The smallest absolute Gasteiger partial charge is 0.0988 e. The molecular weight excluding hydrogens is 803 g/mol. The van der Waals surface area contributed by atoms with Crippen LogP contribution in [0.4, 0.5) is 5.69 Å². The first-order valence-electron chi connectivity index (χ1n) is 18.8. The highest BCUT2D eigenvalue weighted by atomic mass is 79.9. The molecule has 0 radical (unpaired) electrons. The van der Waals surface area contributed by atoms with Gasteiger partial charge >= 0.3 is 0 Å². The monoisotopic (exact) mass is 840 g/mol. The standard InChI is InChI=1S/C25H27ClN4O.C18H13BrCl2N2/c26-18-7-8-21-20(17-18)24-25-23(27-21)19-5-1-2-6-22(19)30(25)12-4-11-29(24)10-3-9-28-13-15-31-16-14-28;19-8-3-9-23-15-5-2-1-4-12(15)17-18(23)16(21)13-10-11(20)6-7-14(13)22-17/h1-2,5-8,17H,3-4,9-16H2;1-2,4-7,10H,3,8-9H2. The number of anilines is 1. The molecule has 0 unspecified atom stereocenters. The maximum absolute atomic E-state index is 6.77. The molecule has 54 heavy (non-hydrogen) atoms. The summed E-state index contributed by atoms with van der Waals surface area (Å²) in [7, 11) is 0. The Morgan fingerprint density at radius 3 is 2.02 bits per heavy atom. The van der Waals surface area contributed by atoms with Gasteiger partial charge in [-0.25, -0.2) is 9.97 Å². The van der Waals surface area contributed by atoms with E-state index in [-0.39, 0.29) is 0 Å². The highest BCUT2D eigenvalue weighted by Crippen LogP contribution is 2.42. The Balaban J connectivity index is 0.000000149. The Bertz CT molecular complexity index is 2670. The third-order valence-electron chi connectivity index (χ3n) is 10.8. The van der Waals surface area contributed by atoms with Crippen LogP contribution in [0, 0.1) is 0 Å². The van der Waals surface area contributed by atoms with Crippen LogP contribution >= 0.6 is 50.7 Å². The van der Waals surface area contributed by atoms with Gasteiger partial charge in [-0.2, -0.15) is 0 Å². The molecule has 11 heteroatoms. The van der Waals surface area contributed by atoms with Crippen LogP contribution in [0.3, 0.4) is 0 Å². The van der Waals surface area contributed by atoms with Crippen LogP contribution in [0.15, 0.2) is 84.9 Å². The van der Waals surface area contributed by atoms with Crippen molar-refractivity contribution in [2.24, 2.45) is 0 Å². The highest BCUT2D eigenvalue weighted by Gasteiger charge is 2.25. The molecule has 10 rings (SSSR count). The number of rotatable bonds is 7. The van der Waals surface area contributed by atoms with Crippen LogP contribution in [0.5, 0.6) is 0 Å². The SMILES string of the molecule is Clc1ccc2nc3c4ccccc4n(CCCBr)c3c(Cl)c2c1.Clc1ccc2nc3c4ccccc4n4c3c(c2c1)N(CCCN1CCOCC1)CCC4. The number of nitrogens with zero attached hydrogens (tertiary/aromatic N) is 6. The topological polar surface area (TPSA) is 51.4 Å². The lowest BCUT2D eigenvalue weighted by Crippen LogP contribution is -2.38. The van der Waals surface area contributed by atoms with E-state index >= 15 is 0 Å². The average Bonchev–Trinajstić information content (AvgIpc) is 3.60. The number of para-hydroxylation sites is 2. The van der Waals surface area contributed by atoms with Gasteiger partial charge in [-0.3, -0.25) is 4.90 Å². The van der Waals surface area contributed by atoms with Crippen molar-refractivity contribution in [1.82, 2.24) is 24.0 Å². The van der Waals surface area contributed by atoms with Crippen LogP contribution in [0.1, 0.15) is 19.3 Å². The molecule has 1 saturated heterocycles. The molecule has 0 N–H and O–H groups in total. The lowest BCUT2D eigenvalue weighted by atomic mass is 10.1. The minimum atomic E-state index is 0.670. The summed E-state index contributed by atoms with van der Waals surface area (Å²) in [5.74, 6) is 0. The van der Waals surface area contributed by atoms with Gasteiger partial charge in [0.2, 0.25) is 0 Å². The van der Waals surface area contributed by atoms with Gasteiger partial charge in [0.1, 0.15) is 0 Å². The molecule has 0 spiro atoms. The van der Waals surface area contributed by atoms with E-state index in [9.17, 15) is 0 Å². The number of aryl methyl sites for hydroxylation is 2. The summed E-state index contributed by atoms with van der Waals surface area (Å²) in [5, 5.41) is 7.55. The van der Waals surface area contributed by atoms with Gasteiger partial charge in [0.15, 0.2) is 0 Å². The Morgan fingerprint density at radius 1 is 0.630 bits per heavy atom. The molecule has 4 aromatic carbocycles. The van der Waals surface area contributed by atoms with Gasteiger partial charge in [0.05, 0.1) is 68.1 Å². The maximum Gasteiger partial charge on any atom is 0.0988 e. The van der Waals surface area contributed by atoms with E-state index < -0.39 is 0 Å². The lowest BCUT2D eigenvalue weighted by Gasteiger charge is -2.29. The number of aromatic nitrogens is 4. The first-order valence-corrected chi connectivity index (χ1v) is 21.0. The largest absolute Gasteiger partial charge is 0.379 e. The predicted octanol–water partition coefficient (Wildman–Crippen LogP) is 11.4. The van der Waals surface area contributed by atoms with Crippen molar-refractivity contribution in [1.29, 1.82) is 0 Å². The second-order valence-corrected chi connectivity index (χ2v) is 16.2. The summed E-state index contributed by atoms with van der Waals surface area (Å²) < 4.78 is 10.3. The zero-order valence-electron chi connectivity index (χ0n) is 29.9. The third kappa shape index (κ3) is 6.59. The second kappa shape index (κ2) is 15.5. The van der Waals surface area contributed by atoms with Crippen LogP contribution in [0.25, 0.3) is 65.7 Å². The molecule has 2 aliphatic heterocycles. The fourth-order valence-corrected chi connectivity index (χ4v) is 9.34. The number of hydrogen-bond donors (Lipinski definition) is 0. The summed E-state index contributed by atoms with van der Waals surface area (Å²) in [6, 6.07) is 28.8. The molecule has 276 valence electrons. The van der Waals surface area contributed by atoms with E-state index in [0.29, 0.717) is 5.02 Å². The quantitative estimate of drug-likeness (QED) is 0.150. The van der Waals surface area contributed by atoms with Gasteiger partial charge in [-0.05, 0) is 67.8 Å². The molecule has 0 bridgehead atoms. The zero-order chi connectivity index (χ0) is 36.8. The van der Waals surface area contributed by atoms with Crippen molar-refractivity contribution in [3.8, 4) is 0 Å². The van der Waals surface area contributed by atoms with Gasteiger partial charge in [0.25, 0.3) is 0 Å². The van der Waals surface area contributed by atoms with E-state index in [2.05, 4.69) is 89.5 Å². The molecule has 7 nitrogen and oxygen atoms in total. The number of fused-ring (bicyclic) bond motifs is 9. The fraction of sp³-hybridized carbons (Fsp3) is 0.302. The number of halogens is 4. The summed E-state index contributed by atoms with van der Waals surface area (Å²) in [6.07, 6.45) is 3.30. The summed E-state index contributed by atoms with van der Waals surface area (Å²) >= 11 is 22.9. The normalized spacial score (nSPS) is 15.1. The van der Waals surface area contributed by atoms with Crippen molar-refractivity contribution < 1.29 is 4.74 Å². The Morgan fingerprint density at radius 2 is 1.28 bits per heavy atom. The summed E-state index contributed by atoms with van der Waals surface area (Å²) in [4.78, 5) is 15.1. The van der Waals surface area contributed by atoms with Crippen LogP contribution < -0.4 is 4.90 Å². The Hall–Kier alpha value is -3.63. The maximum atomic E-state index is 6.77. The lowest BCUT2D eigenvalue weighted by molar-refractivity contribution is 0.0376. The number of ether oxygens (including phenoxy) is 1. The Labute approximate surface area is 337 Å². The third-order valence-corrected chi connectivity index (χ3v) is 12.3. The molecule has 8 aromatic rings. The van der Waals surface area contributed by atoms with Gasteiger partial charge in [-0.15, -0.1) is 0 Å². The van der Waals surface area contributed by atoms with E-state index in [0.717, 1.165) is 137 Å². The Kier molecular flexibility index (Phi) is 10.3. The van der Waals surface area contributed by atoms with E-state index in [1.165, 1.54) is 27.6 Å².